The highest BCUT2D eigenvalue weighted by molar-refractivity contribution is 5.45. The highest BCUT2D eigenvalue weighted by atomic mass is 16.5. The summed E-state index contributed by atoms with van der Waals surface area (Å²) < 4.78 is 10.7. The fourth-order valence-corrected chi connectivity index (χ4v) is 2.35. The van der Waals surface area contributed by atoms with Crippen LogP contribution in [0.3, 0.4) is 0 Å². The van der Waals surface area contributed by atoms with E-state index in [9.17, 15) is 5.26 Å². The Bertz CT molecular complexity index is 455. The number of nitrogens with one attached hydrogen (secondary N) is 1. The summed E-state index contributed by atoms with van der Waals surface area (Å²) in [5.41, 5.74) is 0.232. The van der Waals surface area contributed by atoms with Crippen molar-refractivity contribution in [3.63, 3.8) is 0 Å². The molecule has 1 aliphatic rings. The summed E-state index contributed by atoms with van der Waals surface area (Å²) in [6.07, 6.45) is 0. The molecule has 4 nitrogen and oxygen atoms in total. The van der Waals surface area contributed by atoms with Gasteiger partial charge in [0.05, 0.1) is 19.3 Å². The Labute approximate surface area is 108 Å². The molecule has 1 aromatic carbocycles. The van der Waals surface area contributed by atoms with Gasteiger partial charge < -0.3 is 9.47 Å². The van der Waals surface area contributed by atoms with Crippen molar-refractivity contribution in [3.8, 4) is 11.8 Å². The van der Waals surface area contributed by atoms with Crippen LogP contribution in [-0.2, 0) is 10.3 Å². The number of nitriles is 1. The molecule has 0 aliphatic carbocycles. The van der Waals surface area contributed by atoms with Gasteiger partial charge in [0, 0.05) is 25.1 Å². The Morgan fingerprint density at radius 2 is 2.33 bits per heavy atom. The summed E-state index contributed by atoms with van der Waals surface area (Å²) in [4.78, 5) is 0. The number of benzene rings is 1. The van der Waals surface area contributed by atoms with Crippen LogP contribution in [0.4, 0.5) is 0 Å². The van der Waals surface area contributed by atoms with Crippen LogP contribution < -0.4 is 10.1 Å². The van der Waals surface area contributed by atoms with Crippen molar-refractivity contribution in [1.82, 2.24) is 5.32 Å². The van der Waals surface area contributed by atoms with E-state index in [2.05, 4.69) is 11.4 Å². The van der Waals surface area contributed by atoms with E-state index in [1.807, 2.05) is 31.2 Å². The third-order valence-electron chi connectivity index (χ3n) is 3.43. The van der Waals surface area contributed by atoms with E-state index in [1.54, 1.807) is 7.11 Å². The highest BCUT2D eigenvalue weighted by Gasteiger charge is 2.43. The summed E-state index contributed by atoms with van der Waals surface area (Å²) in [7, 11) is 1.65. The lowest BCUT2D eigenvalue weighted by Gasteiger charge is -2.39. The summed E-state index contributed by atoms with van der Waals surface area (Å²) in [5.74, 6) is 0.885. The molecule has 0 radical (unpaired) electrons. The number of ether oxygens (including phenoxy) is 2. The molecule has 18 heavy (non-hydrogen) atoms. The van der Waals surface area contributed by atoms with E-state index in [4.69, 9.17) is 9.47 Å². The molecule has 0 bridgehead atoms. The van der Waals surface area contributed by atoms with E-state index >= 15 is 0 Å². The first-order chi connectivity index (χ1) is 8.74. The number of fused-ring (bicyclic) bond motifs is 1. The number of para-hydroxylation sites is 1. The summed E-state index contributed by atoms with van der Waals surface area (Å²) in [6, 6.07) is 10.2. The van der Waals surface area contributed by atoms with Crippen LogP contribution in [0.1, 0.15) is 12.5 Å². The van der Waals surface area contributed by atoms with Crippen molar-refractivity contribution in [1.29, 1.82) is 5.26 Å². The highest BCUT2D eigenvalue weighted by Crippen LogP contribution is 2.39. The Balaban J connectivity index is 2.35. The minimum atomic E-state index is -0.687. The Morgan fingerprint density at radius 1 is 1.56 bits per heavy atom. The van der Waals surface area contributed by atoms with Crippen LogP contribution in [-0.4, -0.2) is 26.9 Å². The smallest absolute Gasteiger partial charge is 0.141 e. The maximum Gasteiger partial charge on any atom is 0.141 e. The van der Waals surface area contributed by atoms with Crippen LogP contribution in [0.5, 0.6) is 5.75 Å². The molecule has 0 aromatic heterocycles. The maximum atomic E-state index is 9.65. The molecule has 4 heteroatoms. The second-order valence-corrected chi connectivity index (χ2v) is 4.55. The number of hydrogen-bond acceptors (Lipinski definition) is 4. The van der Waals surface area contributed by atoms with Crippen molar-refractivity contribution >= 4 is 0 Å². The predicted octanol–water partition coefficient (Wildman–Crippen LogP) is 1.67. The van der Waals surface area contributed by atoms with Crippen molar-refractivity contribution < 1.29 is 9.47 Å². The normalized spacial score (nSPS) is 25.9. The van der Waals surface area contributed by atoms with Gasteiger partial charge in [0.15, 0.2) is 0 Å². The van der Waals surface area contributed by atoms with E-state index in [-0.39, 0.29) is 5.92 Å². The molecule has 1 aliphatic heterocycles. The van der Waals surface area contributed by atoms with Crippen LogP contribution in [0, 0.1) is 17.2 Å². The first-order valence-electron chi connectivity index (χ1n) is 6.12. The van der Waals surface area contributed by atoms with Crippen LogP contribution in [0.15, 0.2) is 24.3 Å². The van der Waals surface area contributed by atoms with Crippen molar-refractivity contribution in [2.75, 3.05) is 26.9 Å². The zero-order valence-electron chi connectivity index (χ0n) is 10.8. The number of hydrogen-bond donors (Lipinski definition) is 1. The van der Waals surface area contributed by atoms with Gasteiger partial charge in [0.1, 0.15) is 11.3 Å². The molecule has 1 N–H and O–H groups in total. The predicted molar refractivity (Wildman–Crippen MR) is 68.3 cm³/mol. The zero-order chi connectivity index (χ0) is 13.0. The largest absolute Gasteiger partial charge is 0.493 e. The molecular formula is C14H18N2O2. The topological polar surface area (TPSA) is 54.3 Å². The maximum absolute atomic E-state index is 9.65. The SMILES string of the molecule is COCCNC1(C#N)c2ccccc2OCC1C. The number of rotatable bonds is 4. The van der Waals surface area contributed by atoms with E-state index < -0.39 is 5.54 Å². The van der Waals surface area contributed by atoms with E-state index in [1.165, 1.54) is 0 Å². The quantitative estimate of drug-likeness (QED) is 0.821. The third kappa shape index (κ3) is 2.07. The fraction of sp³-hybridized carbons (Fsp3) is 0.500. The van der Waals surface area contributed by atoms with Crippen LogP contribution in [0.2, 0.25) is 0 Å². The molecule has 1 aromatic rings. The first-order valence-corrected chi connectivity index (χ1v) is 6.12. The lowest BCUT2D eigenvalue weighted by molar-refractivity contribution is 0.134. The molecule has 0 saturated heterocycles. The van der Waals surface area contributed by atoms with Crippen molar-refractivity contribution in [2.45, 2.75) is 12.5 Å². The van der Waals surface area contributed by atoms with E-state index in [0.717, 1.165) is 11.3 Å². The van der Waals surface area contributed by atoms with Gasteiger partial charge in [-0.05, 0) is 6.07 Å². The summed E-state index contributed by atoms with van der Waals surface area (Å²) in [5, 5.41) is 13.0. The molecule has 96 valence electrons. The summed E-state index contributed by atoms with van der Waals surface area (Å²) >= 11 is 0. The minimum absolute atomic E-state index is 0.0919. The Hall–Kier alpha value is -1.57. The van der Waals surface area contributed by atoms with Gasteiger partial charge in [-0.15, -0.1) is 0 Å². The van der Waals surface area contributed by atoms with Gasteiger partial charge in [-0.2, -0.15) is 5.26 Å². The zero-order valence-corrected chi connectivity index (χ0v) is 10.8. The Morgan fingerprint density at radius 3 is 3.06 bits per heavy atom. The average molecular weight is 246 g/mol. The Kier molecular flexibility index (Phi) is 3.85. The average Bonchev–Trinajstić information content (AvgIpc) is 2.42. The van der Waals surface area contributed by atoms with Crippen LogP contribution in [0.25, 0.3) is 0 Å². The third-order valence-corrected chi connectivity index (χ3v) is 3.43. The minimum Gasteiger partial charge on any atom is -0.493 e. The first kappa shape index (κ1) is 12.9. The standard InChI is InChI=1S/C14H18N2O2/c1-11-9-18-13-6-4-3-5-12(13)14(11,10-15)16-7-8-17-2/h3-6,11,16H,7-9H2,1-2H3. The second-order valence-electron chi connectivity index (χ2n) is 4.55. The molecule has 2 unspecified atom stereocenters. The van der Waals surface area contributed by atoms with Gasteiger partial charge in [0.25, 0.3) is 0 Å². The molecule has 2 rings (SSSR count). The van der Waals surface area contributed by atoms with E-state index in [0.29, 0.717) is 19.8 Å². The van der Waals surface area contributed by atoms with Gasteiger partial charge in [0.2, 0.25) is 0 Å². The molecule has 2 atom stereocenters. The number of nitrogens with zero attached hydrogens (tertiary/aromatic N) is 1. The monoisotopic (exact) mass is 246 g/mol. The van der Waals surface area contributed by atoms with Gasteiger partial charge in [-0.1, -0.05) is 25.1 Å². The van der Waals surface area contributed by atoms with Crippen LogP contribution >= 0.6 is 0 Å². The van der Waals surface area contributed by atoms with Gasteiger partial charge >= 0.3 is 0 Å². The molecule has 1 heterocycles. The molecule has 0 amide bonds. The second kappa shape index (κ2) is 5.38. The lowest BCUT2D eigenvalue weighted by Crippen LogP contribution is -2.51. The van der Waals surface area contributed by atoms with Crippen molar-refractivity contribution in [3.05, 3.63) is 29.8 Å². The molecule has 0 saturated carbocycles. The fourth-order valence-electron chi connectivity index (χ4n) is 2.35. The number of methoxy groups -OCH3 is 1. The lowest BCUT2D eigenvalue weighted by atomic mass is 9.78. The van der Waals surface area contributed by atoms with Gasteiger partial charge in [-0.25, -0.2) is 0 Å². The molecule has 0 fully saturated rings. The molecule has 0 spiro atoms. The summed E-state index contributed by atoms with van der Waals surface area (Å²) in [6.45, 7) is 3.80. The molecular weight excluding hydrogens is 228 g/mol. The van der Waals surface area contributed by atoms with Gasteiger partial charge in [-0.3, -0.25) is 5.32 Å². The van der Waals surface area contributed by atoms with Crippen molar-refractivity contribution in [2.24, 2.45) is 5.92 Å².